The van der Waals surface area contributed by atoms with Crippen molar-refractivity contribution in [2.24, 2.45) is 0 Å². The number of aromatic amines is 1. The van der Waals surface area contributed by atoms with Crippen LogP contribution in [0.2, 0.25) is 0 Å². The summed E-state index contributed by atoms with van der Waals surface area (Å²) >= 11 is 0. The van der Waals surface area contributed by atoms with Gasteiger partial charge in [-0.25, -0.2) is 0 Å². The normalized spacial score (nSPS) is 15.5. The van der Waals surface area contributed by atoms with Gasteiger partial charge in [0.25, 0.3) is 5.91 Å². The molecule has 1 amide bonds. The van der Waals surface area contributed by atoms with Gasteiger partial charge in [-0.05, 0) is 62.1 Å². The molecule has 1 unspecified atom stereocenters. The molecule has 0 radical (unpaired) electrons. The SMILES string of the molecule is Cc1ccc(-c2cc(N3CCCN(C(=O)C(C)Oc4ccccc4)CC3)n[nH]2)cc1C. The van der Waals surface area contributed by atoms with Crippen molar-refractivity contribution in [1.29, 1.82) is 0 Å². The van der Waals surface area contributed by atoms with E-state index in [9.17, 15) is 4.79 Å². The second-order valence-corrected chi connectivity index (χ2v) is 8.18. The van der Waals surface area contributed by atoms with Gasteiger partial charge in [0, 0.05) is 32.2 Å². The number of carbonyl (C=O) groups excluding carboxylic acids is 1. The quantitative estimate of drug-likeness (QED) is 0.675. The van der Waals surface area contributed by atoms with Gasteiger partial charge < -0.3 is 14.5 Å². The van der Waals surface area contributed by atoms with Crippen molar-refractivity contribution < 1.29 is 9.53 Å². The van der Waals surface area contributed by atoms with Crippen LogP contribution in [-0.4, -0.2) is 53.3 Å². The van der Waals surface area contributed by atoms with Gasteiger partial charge in [-0.2, -0.15) is 5.10 Å². The molecule has 1 aliphatic rings. The minimum Gasteiger partial charge on any atom is -0.481 e. The number of carbonyl (C=O) groups is 1. The lowest BCUT2D eigenvalue weighted by molar-refractivity contribution is -0.137. The fourth-order valence-corrected chi connectivity index (χ4v) is 3.91. The molecule has 2 aromatic carbocycles. The molecule has 0 aliphatic carbocycles. The molecule has 31 heavy (non-hydrogen) atoms. The zero-order valence-electron chi connectivity index (χ0n) is 18.5. The van der Waals surface area contributed by atoms with E-state index < -0.39 is 6.10 Å². The van der Waals surface area contributed by atoms with Crippen molar-refractivity contribution in [3.8, 4) is 17.0 Å². The number of rotatable bonds is 5. The molecule has 0 bridgehead atoms. The largest absolute Gasteiger partial charge is 0.481 e. The molecule has 0 spiro atoms. The van der Waals surface area contributed by atoms with Gasteiger partial charge in [0.2, 0.25) is 0 Å². The number of ether oxygens (including phenoxy) is 1. The van der Waals surface area contributed by atoms with Gasteiger partial charge >= 0.3 is 0 Å². The summed E-state index contributed by atoms with van der Waals surface area (Å²) in [5, 5.41) is 7.72. The minimum absolute atomic E-state index is 0.0311. The summed E-state index contributed by atoms with van der Waals surface area (Å²) in [5.41, 5.74) is 4.70. The van der Waals surface area contributed by atoms with E-state index in [1.54, 1.807) is 0 Å². The van der Waals surface area contributed by atoms with E-state index in [1.165, 1.54) is 11.1 Å². The molecule has 1 fully saturated rings. The minimum atomic E-state index is -0.504. The summed E-state index contributed by atoms with van der Waals surface area (Å²) in [4.78, 5) is 17.1. The van der Waals surface area contributed by atoms with Gasteiger partial charge in [0.05, 0.1) is 5.69 Å². The van der Waals surface area contributed by atoms with E-state index in [1.807, 2.05) is 42.2 Å². The number of hydrogen-bond donors (Lipinski definition) is 1. The van der Waals surface area contributed by atoms with Crippen LogP contribution in [0, 0.1) is 13.8 Å². The zero-order chi connectivity index (χ0) is 21.8. The van der Waals surface area contributed by atoms with Crippen molar-refractivity contribution in [2.45, 2.75) is 33.3 Å². The average Bonchev–Trinajstić information content (AvgIpc) is 3.14. The number of aromatic nitrogens is 2. The van der Waals surface area contributed by atoms with Crippen LogP contribution in [0.5, 0.6) is 5.75 Å². The molecule has 1 atom stereocenters. The van der Waals surface area contributed by atoms with Crippen LogP contribution in [0.3, 0.4) is 0 Å². The molecule has 2 heterocycles. The second-order valence-electron chi connectivity index (χ2n) is 8.18. The lowest BCUT2D eigenvalue weighted by atomic mass is 10.0. The lowest BCUT2D eigenvalue weighted by Gasteiger charge is -2.25. The number of nitrogens with one attached hydrogen (secondary N) is 1. The number of nitrogens with zero attached hydrogens (tertiary/aromatic N) is 3. The molecule has 4 rings (SSSR count). The maximum Gasteiger partial charge on any atom is 0.263 e. The van der Waals surface area contributed by atoms with E-state index in [-0.39, 0.29) is 5.91 Å². The summed E-state index contributed by atoms with van der Waals surface area (Å²) in [5.74, 6) is 1.68. The summed E-state index contributed by atoms with van der Waals surface area (Å²) < 4.78 is 5.83. The first-order valence-electron chi connectivity index (χ1n) is 10.9. The van der Waals surface area contributed by atoms with Gasteiger partial charge in [0.15, 0.2) is 11.9 Å². The Morgan fingerprint density at radius 3 is 2.58 bits per heavy atom. The maximum absolute atomic E-state index is 12.9. The Bertz CT molecular complexity index is 1030. The van der Waals surface area contributed by atoms with Crippen molar-refractivity contribution in [3.05, 3.63) is 65.7 Å². The van der Waals surface area contributed by atoms with Gasteiger partial charge in [-0.15, -0.1) is 0 Å². The monoisotopic (exact) mass is 418 g/mol. The number of aryl methyl sites for hydroxylation is 2. The smallest absolute Gasteiger partial charge is 0.263 e. The van der Waals surface area contributed by atoms with Gasteiger partial charge in [-0.1, -0.05) is 30.3 Å². The number of benzene rings is 2. The maximum atomic E-state index is 12.9. The number of anilines is 1. The fourth-order valence-electron chi connectivity index (χ4n) is 3.91. The van der Waals surface area contributed by atoms with Gasteiger partial charge in [-0.3, -0.25) is 9.89 Å². The van der Waals surface area contributed by atoms with E-state index in [4.69, 9.17) is 4.74 Å². The topological polar surface area (TPSA) is 61.5 Å². The Labute approximate surface area is 183 Å². The van der Waals surface area contributed by atoms with E-state index in [0.29, 0.717) is 6.54 Å². The third-order valence-electron chi connectivity index (χ3n) is 5.92. The molecule has 1 N–H and O–H groups in total. The average molecular weight is 419 g/mol. The van der Waals surface area contributed by atoms with Crippen molar-refractivity contribution in [2.75, 3.05) is 31.1 Å². The van der Waals surface area contributed by atoms with E-state index in [0.717, 1.165) is 48.9 Å². The summed E-state index contributed by atoms with van der Waals surface area (Å²) in [6.07, 6.45) is 0.394. The van der Waals surface area contributed by atoms with Crippen LogP contribution in [-0.2, 0) is 4.79 Å². The van der Waals surface area contributed by atoms with Gasteiger partial charge in [0.1, 0.15) is 5.75 Å². The highest BCUT2D eigenvalue weighted by atomic mass is 16.5. The molecule has 1 aliphatic heterocycles. The summed E-state index contributed by atoms with van der Waals surface area (Å²) in [6, 6.07) is 18.0. The highest BCUT2D eigenvalue weighted by Crippen LogP contribution is 2.25. The second kappa shape index (κ2) is 9.25. The summed E-state index contributed by atoms with van der Waals surface area (Å²) in [7, 11) is 0. The molecule has 6 nitrogen and oxygen atoms in total. The predicted molar refractivity (Wildman–Crippen MR) is 123 cm³/mol. The molecule has 6 heteroatoms. The first kappa shape index (κ1) is 21.0. The standard InChI is InChI=1S/C25H30N4O2/c1-18-10-11-21(16-19(18)2)23-17-24(27-26-23)28-12-7-13-29(15-14-28)25(30)20(3)31-22-8-5-4-6-9-22/h4-6,8-11,16-17,20H,7,12-15H2,1-3H3,(H,26,27). The number of amides is 1. The highest BCUT2D eigenvalue weighted by Gasteiger charge is 2.25. The number of hydrogen-bond acceptors (Lipinski definition) is 4. The molecule has 3 aromatic rings. The highest BCUT2D eigenvalue weighted by molar-refractivity contribution is 5.81. The molecule has 1 saturated heterocycles. The molecular formula is C25H30N4O2. The zero-order valence-corrected chi connectivity index (χ0v) is 18.5. The third kappa shape index (κ3) is 4.90. The van der Waals surface area contributed by atoms with Crippen molar-refractivity contribution in [3.63, 3.8) is 0 Å². The van der Waals surface area contributed by atoms with E-state index >= 15 is 0 Å². The number of H-pyrrole nitrogens is 1. The fraction of sp³-hybridized carbons (Fsp3) is 0.360. The predicted octanol–water partition coefficient (Wildman–Crippen LogP) is 4.20. The number of para-hydroxylation sites is 1. The van der Waals surface area contributed by atoms with Crippen molar-refractivity contribution >= 4 is 11.7 Å². The summed E-state index contributed by atoms with van der Waals surface area (Å²) in [6.45, 7) is 9.07. The van der Waals surface area contributed by atoms with Crippen LogP contribution in [0.15, 0.2) is 54.6 Å². The van der Waals surface area contributed by atoms with Crippen LogP contribution >= 0.6 is 0 Å². The Morgan fingerprint density at radius 2 is 1.81 bits per heavy atom. The Morgan fingerprint density at radius 1 is 1.00 bits per heavy atom. The van der Waals surface area contributed by atoms with Crippen LogP contribution in [0.25, 0.3) is 11.3 Å². The lowest BCUT2D eigenvalue weighted by Crippen LogP contribution is -2.42. The molecule has 0 saturated carbocycles. The first-order chi connectivity index (χ1) is 15.0. The first-order valence-corrected chi connectivity index (χ1v) is 10.9. The Balaban J connectivity index is 1.38. The van der Waals surface area contributed by atoms with Crippen LogP contribution in [0.1, 0.15) is 24.5 Å². The van der Waals surface area contributed by atoms with Crippen LogP contribution in [0.4, 0.5) is 5.82 Å². The molecular weight excluding hydrogens is 388 g/mol. The van der Waals surface area contributed by atoms with E-state index in [2.05, 4.69) is 53.2 Å². The molecule has 162 valence electrons. The van der Waals surface area contributed by atoms with Crippen molar-refractivity contribution in [1.82, 2.24) is 15.1 Å². The third-order valence-corrected chi connectivity index (χ3v) is 5.92. The molecule has 1 aromatic heterocycles. The Hall–Kier alpha value is -3.28. The van der Waals surface area contributed by atoms with Crippen LogP contribution < -0.4 is 9.64 Å². The Kier molecular flexibility index (Phi) is 6.26.